The Balaban J connectivity index is 2.37. The summed E-state index contributed by atoms with van der Waals surface area (Å²) in [5.74, 6) is 0.207. The van der Waals surface area contributed by atoms with Crippen LogP contribution in [-0.4, -0.2) is 36.3 Å². The third-order valence-corrected chi connectivity index (χ3v) is 6.20. The third-order valence-electron chi connectivity index (χ3n) is 2.98. The quantitative estimate of drug-likeness (QED) is 0.848. The van der Waals surface area contributed by atoms with Crippen molar-refractivity contribution in [1.29, 1.82) is 0 Å². The van der Waals surface area contributed by atoms with Gasteiger partial charge in [-0.25, -0.2) is 12.8 Å². The Bertz CT molecular complexity index is 587. The van der Waals surface area contributed by atoms with Crippen LogP contribution in [0.2, 0.25) is 0 Å². The standard InChI is InChI=1S/C12H17FN2O2S2/c1-12(2)8-15(5-6-18-12)19(16,17)11-4-3-9(13)7-10(11)14/h3-4,7H,5-6,8,14H2,1-2H3. The van der Waals surface area contributed by atoms with Gasteiger partial charge in [0.05, 0.1) is 5.69 Å². The number of sulfonamides is 1. The molecule has 2 rings (SSSR count). The summed E-state index contributed by atoms with van der Waals surface area (Å²) < 4.78 is 39.4. The molecule has 1 aromatic rings. The summed E-state index contributed by atoms with van der Waals surface area (Å²) in [6.45, 7) is 4.89. The van der Waals surface area contributed by atoms with E-state index in [1.807, 2.05) is 13.8 Å². The fourth-order valence-corrected chi connectivity index (χ4v) is 5.08. The number of hydrogen-bond acceptors (Lipinski definition) is 4. The van der Waals surface area contributed by atoms with Gasteiger partial charge in [-0.1, -0.05) is 0 Å². The lowest BCUT2D eigenvalue weighted by atomic mass is 10.2. The molecule has 0 aliphatic carbocycles. The average Bonchev–Trinajstić information content (AvgIpc) is 2.27. The van der Waals surface area contributed by atoms with Crippen LogP contribution in [0.4, 0.5) is 10.1 Å². The van der Waals surface area contributed by atoms with Gasteiger partial charge in [0.1, 0.15) is 10.7 Å². The molecule has 106 valence electrons. The van der Waals surface area contributed by atoms with Gasteiger partial charge in [0.25, 0.3) is 0 Å². The van der Waals surface area contributed by atoms with E-state index >= 15 is 0 Å². The summed E-state index contributed by atoms with van der Waals surface area (Å²) in [6, 6.07) is 3.39. The molecule has 0 saturated carbocycles. The van der Waals surface area contributed by atoms with Crippen LogP contribution in [-0.2, 0) is 10.0 Å². The summed E-state index contributed by atoms with van der Waals surface area (Å²) in [5, 5.41) is 0. The monoisotopic (exact) mass is 304 g/mol. The van der Waals surface area contributed by atoms with Crippen LogP contribution in [0.5, 0.6) is 0 Å². The molecule has 19 heavy (non-hydrogen) atoms. The fourth-order valence-electron chi connectivity index (χ4n) is 2.07. The Hall–Kier alpha value is -0.790. The first-order valence-corrected chi connectivity index (χ1v) is 8.34. The van der Waals surface area contributed by atoms with Crippen LogP contribution >= 0.6 is 11.8 Å². The van der Waals surface area contributed by atoms with Crippen LogP contribution in [0, 0.1) is 5.82 Å². The van der Waals surface area contributed by atoms with Gasteiger partial charge in [0.2, 0.25) is 10.0 Å². The minimum atomic E-state index is -3.65. The SMILES string of the molecule is CC1(C)CN(S(=O)(=O)c2ccc(F)cc2N)CCS1. The van der Waals surface area contributed by atoms with Gasteiger partial charge < -0.3 is 5.73 Å². The maximum Gasteiger partial charge on any atom is 0.245 e. The molecular weight excluding hydrogens is 287 g/mol. The Morgan fingerprint density at radius 2 is 2.11 bits per heavy atom. The molecule has 1 aromatic carbocycles. The van der Waals surface area contributed by atoms with E-state index in [1.165, 1.54) is 10.4 Å². The third kappa shape index (κ3) is 3.04. The predicted molar refractivity (Wildman–Crippen MR) is 76.1 cm³/mol. The fraction of sp³-hybridized carbons (Fsp3) is 0.500. The van der Waals surface area contributed by atoms with E-state index in [0.29, 0.717) is 13.1 Å². The van der Waals surface area contributed by atoms with E-state index in [9.17, 15) is 12.8 Å². The number of nitrogens with zero attached hydrogens (tertiary/aromatic N) is 1. The summed E-state index contributed by atoms with van der Waals surface area (Å²) in [4.78, 5) is -0.0170. The van der Waals surface area contributed by atoms with Gasteiger partial charge in [-0.05, 0) is 32.0 Å². The summed E-state index contributed by atoms with van der Waals surface area (Å²) in [7, 11) is -3.65. The zero-order valence-corrected chi connectivity index (χ0v) is 12.5. The molecule has 0 atom stereocenters. The number of nitrogen functional groups attached to an aromatic ring is 1. The van der Waals surface area contributed by atoms with Crippen LogP contribution in [0.15, 0.2) is 23.1 Å². The summed E-state index contributed by atoms with van der Waals surface area (Å²) in [5.41, 5.74) is 5.59. The highest BCUT2D eigenvalue weighted by molar-refractivity contribution is 8.00. The lowest BCUT2D eigenvalue weighted by Gasteiger charge is -2.36. The first-order chi connectivity index (χ1) is 8.72. The molecule has 1 fully saturated rings. The minimum absolute atomic E-state index is 0.0170. The van der Waals surface area contributed by atoms with Crippen molar-refractivity contribution in [2.45, 2.75) is 23.5 Å². The predicted octanol–water partition coefficient (Wildman–Crippen LogP) is 1.92. The van der Waals surface area contributed by atoms with Crippen LogP contribution in [0.25, 0.3) is 0 Å². The first kappa shape index (κ1) is 14.6. The van der Waals surface area contributed by atoms with E-state index in [0.717, 1.165) is 17.9 Å². The highest BCUT2D eigenvalue weighted by Gasteiger charge is 2.35. The van der Waals surface area contributed by atoms with Gasteiger partial charge in [0, 0.05) is 23.6 Å². The zero-order chi connectivity index (χ0) is 14.3. The van der Waals surface area contributed by atoms with Crippen molar-refractivity contribution in [1.82, 2.24) is 4.31 Å². The van der Waals surface area contributed by atoms with Gasteiger partial charge >= 0.3 is 0 Å². The number of thioether (sulfide) groups is 1. The van der Waals surface area contributed by atoms with Crippen molar-refractivity contribution in [3.05, 3.63) is 24.0 Å². The zero-order valence-electron chi connectivity index (χ0n) is 10.9. The molecule has 2 N–H and O–H groups in total. The van der Waals surface area contributed by atoms with Crippen molar-refractivity contribution >= 4 is 27.5 Å². The molecule has 1 aliphatic heterocycles. The number of rotatable bonds is 2. The lowest BCUT2D eigenvalue weighted by Crippen LogP contribution is -2.46. The number of hydrogen-bond donors (Lipinski definition) is 1. The van der Waals surface area contributed by atoms with Crippen molar-refractivity contribution in [2.75, 3.05) is 24.6 Å². The topological polar surface area (TPSA) is 63.4 Å². The normalized spacial score (nSPS) is 20.4. The Morgan fingerprint density at radius 1 is 1.42 bits per heavy atom. The van der Waals surface area contributed by atoms with Gasteiger partial charge in [0.15, 0.2) is 0 Å². The lowest BCUT2D eigenvalue weighted by molar-refractivity contribution is 0.387. The molecule has 1 saturated heterocycles. The Labute approximate surface area is 117 Å². The molecule has 1 heterocycles. The van der Waals surface area contributed by atoms with Crippen LogP contribution < -0.4 is 5.73 Å². The molecule has 0 spiro atoms. The van der Waals surface area contributed by atoms with Gasteiger partial charge in [-0.15, -0.1) is 0 Å². The van der Waals surface area contributed by atoms with E-state index in [1.54, 1.807) is 11.8 Å². The number of benzene rings is 1. The number of anilines is 1. The second-order valence-corrected chi connectivity index (χ2v) is 8.84. The molecule has 0 bridgehead atoms. The van der Waals surface area contributed by atoms with E-state index in [2.05, 4.69) is 0 Å². The average molecular weight is 304 g/mol. The van der Waals surface area contributed by atoms with Gasteiger partial charge in [-0.2, -0.15) is 16.1 Å². The highest BCUT2D eigenvalue weighted by Crippen LogP contribution is 2.33. The van der Waals surface area contributed by atoms with Crippen molar-refractivity contribution < 1.29 is 12.8 Å². The second kappa shape index (κ2) is 4.96. The summed E-state index contributed by atoms with van der Waals surface area (Å²) in [6.07, 6.45) is 0. The van der Waals surface area contributed by atoms with Crippen molar-refractivity contribution in [3.8, 4) is 0 Å². The van der Waals surface area contributed by atoms with Crippen LogP contribution in [0.3, 0.4) is 0 Å². The van der Waals surface area contributed by atoms with Crippen molar-refractivity contribution in [2.24, 2.45) is 0 Å². The molecule has 4 nitrogen and oxygen atoms in total. The molecule has 0 aromatic heterocycles. The Kier molecular flexibility index (Phi) is 3.81. The second-order valence-electron chi connectivity index (χ2n) is 5.13. The highest BCUT2D eigenvalue weighted by atomic mass is 32.2. The number of halogens is 1. The maximum atomic E-state index is 13.0. The minimum Gasteiger partial charge on any atom is -0.398 e. The molecule has 1 aliphatic rings. The largest absolute Gasteiger partial charge is 0.398 e. The molecule has 0 amide bonds. The van der Waals surface area contributed by atoms with Crippen LogP contribution in [0.1, 0.15) is 13.8 Å². The number of nitrogens with two attached hydrogens (primary N) is 1. The molecule has 7 heteroatoms. The van der Waals surface area contributed by atoms with Gasteiger partial charge in [-0.3, -0.25) is 0 Å². The summed E-state index contributed by atoms with van der Waals surface area (Å²) >= 11 is 1.74. The van der Waals surface area contributed by atoms with E-state index < -0.39 is 15.8 Å². The Morgan fingerprint density at radius 3 is 2.68 bits per heavy atom. The van der Waals surface area contributed by atoms with Crippen molar-refractivity contribution in [3.63, 3.8) is 0 Å². The first-order valence-electron chi connectivity index (χ1n) is 5.91. The van der Waals surface area contributed by atoms with E-state index in [-0.39, 0.29) is 15.3 Å². The smallest absolute Gasteiger partial charge is 0.245 e. The molecule has 0 unspecified atom stereocenters. The molecular formula is C12H17FN2O2S2. The maximum absolute atomic E-state index is 13.0. The van der Waals surface area contributed by atoms with E-state index in [4.69, 9.17) is 5.73 Å². The molecule has 0 radical (unpaired) electrons.